The van der Waals surface area contributed by atoms with E-state index in [2.05, 4.69) is 0 Å². The molecule has 5 heteroatoms. The number of methoxy groups -OCH3 is 2. The zero-order valence-electron chi connectivity index (χ0n) is 13.3. The molecule has 1 aliphatic rings. The van der Waals surface area contributed by atoms with Gasteiger partial charge in [-0.25, -0.2) is 4.79 Å². The first-order valence-corrected chi connectivity index (χ1v) is 7.23. The fraction of sp³-hybridized carbons (Fsp3) is 0.222. The van der Waals surface area contributed by atoms with Gasteiger partial charge in [0.15, 0.2) is 0 Å². The first kappa shape index (κ1) is 15.1. The van der Waals surface area contributed by atoms with Crippen molar-refractivity contribution in [2.75, 3.05) is 21.3 Å². The molecule has 0 saturated carbocycles. The Hall–Kier alpha value is -2.82. The Kier molecular flexibility index (Phi) is 4.02. The molecule has 5 nitrogen and oxygen atoms in total. The third-order valence-corrected chi connectivity index (χ3v) is 3.93. The lowest BCUT2D eigenvalue weighted by Crippen LogP contribution is -2.13. The molecule has 0 amide bonds. The van der Waals surface area contributed by atoms with Gasteiger partial charge in [-0.1, -0.05) is 6.07 Å². The van der Waals surface area contributed by atoms with E-state index in [9.17, 15) is 4.79 Å². The van der Waals surface area contributed by atoms with Crippen molar-refractivity contribution in [2.45, 2.75) is 6.42 Å². The zero-order chi connectivity index (χ0) is 16.4. The van der Waals surface area contributed by atoms with Crippen LogP contribution in [-0.2, 0) is 16.0 Å². The predicted molar refractivity (Wildman–Crippen MR) is 85.5 cm³/mol. The molecule has 0 radical (unpaired) electrons. The number of rotatable bonds is 4. The summed E-state index contributed by atoms with van der Waals surface area (Å²) in [6.07, 6.45) is 0.733. The van der Waals surface area contributed by atoms with Crippen molar-refractivity contribution in [1.82, 2.24) is 0 Å². The zero-order valence-corrected chi connectivity index (χ0v) is 13.3. The number of hydrogen-bond acceptors (Lipinski definition) is 4. The van der Waals surface area contributed by atoms with E-state index in [0.717, 1.165) is 34.7 Å². The maximum atomic E-state index is 11.7. The summed E-state index contributed by atoms with van der Waals surface area (Å²) in [6, 6.07) is 13.3. The molecule has 0 saturated heterocycles. The number of carbonyl (C=O) groups excluding carboxylic acids is 1. The van der Waals surface area contributed by atoms with Gasteiger partial charge in [0, 0.05) is 21.9 Å². The van der Waals surface area contributed by atoms with Gasteiger partial charge in [-0.3, -0.25) is 4.84 Å². The molecule has 0 atom stereocenters. The van der Waals surface area contributed by atoms with Crippen molar-refractivity contribution in [1.29, 1.82) is 0 Å². The van der Waals surface area contributed by atoms with E-state index in [-0.39, 0.29) is 5.97 Å². The molecule has 0 N–H and O–H groups in total. The minimum Gasteiger partial charge on any atom is -0.497 e. The van der Waals surface area contributed by atoms with E-state index < -0.39 is 0 Å². The van der Waals surface area contributed by atoms with Gasteiger partial charge in [0.2, 0.25) is 5.71 Å². The minimum absolute atomic E-state index is 0.359. The Morgan fingerprint density at radius 2 is 1.78 bits per heavy atom. The van der Waals surface area contributed by atoms with Crippen molar-refractivity contribution in [3.63, 3.8) is 0 Å². The van der Waals surface area contributed by atoms with Gasteiger partial charge in [0.1, 0.15) is 12.9 Å². The first-order chi connectivity index (χ1) is 11.2. The molecule has 3 rings (SSSR count). The van der Waals surface area contributed by atoms with Gasteiger partial charge in [0.05, 0.1) is 26.2 Å². The number of nitrogens with zero attached hydrogens (tertiary/aromatic N) is 1. The highest BCUT2D eigenvalue weighted by Crippen LogP contribution is 2.30. The van der Waals surface area contributed by atoms with Gasteiger partial charge >= 0.3 is 5.97 Å². The highest BCUT2D eigenvalue weighted by atomic mass is 16.7. The summed E-state index contributed by atoms with van der Waals surface area (Å²) in [5.74, 6) is 0.448. The molecule has 0 bridgehead atoms. The average Bonchev–Trinajstić information content (AvgIpc) is 2.98. The largest absolute Gasteiger partial charge is 0.497 e. The number of hydrogen-bond donors (Lipinski definition) is 0. The van der Waals surface area contributed by atoms with Crippen LogP contribution in [0.3, 0.4) is 0 Å². The molecule has 0 spiro atoms. The molecule has 0 fully saturated rings. The molecule has 0 aliphatic carbocycles. The predicted octanol–water partition coefficient (Wildman–Crippen LogP) is 2.73. The van der Waals surface area contributed by atoms with Gasteiger partial charge in [0.25, 0.3) is 5.69 Å². The van der Waals surface area contributed by atoms with Crippen molar-refractivity contribution < 1.29 is 23.8 Å². The standard InChI is InChI=1S/C18H18NO4/c1-21-15-8-6-12(7-9-15)16-10-13-4-5-14(18(20)22-2)11-17(13)19(16)23-3/h4-9,11H,10H2,1-3H3/q+1. The Bertz CT molecular complexity index is 778. The molecular formula is C18H18NO4+. The maximum absolute atomic E-state index is 11.7. The van der Waals surface area contributed by atoms with Gasteiger partial charge < -0.3 is 9.47 Å². The van der Waals surface area contributed by atoms with Crippen LogP contribution in [0.4, 0.5) is 5.69 Å². The Labute approximate surface area is 134 Å². The van der Waals surface area contributed by atoms with Crippen molar-refractivity contribution >= 4 is 17.4 Å². The lowest BCUT2D eigenvalue weighted by Gasteiger charge is -2.02. The Morgan fingerprint density at radius 1 is 1.04 bits per heavy atom. The lowest BCUT2D eigenvalue weighted by molar-refractivity contribution is -0.718. The third-order valence-electron chi connectivity index (χ3n) is 3.93. The summed E-state index contributed by atoms with van der Waals surface area (Å²) >= 11 is 0. The minimum atomic E-state index is -0.359. The van der Waals surface area contributed by atoms with E-state index in [1.807, 2.05) is 30.3 Å². The van der Waals surface area contributed by atoms with Gasteiger partial charge in [-0.05, 0) is 30.3 Å². The second kappa shape index (κ2) is 6.12. The van der Waals surface area contributed by atoms with E-state index in [1.54, 1.807) is 31.1 Å². The fourth-order valence-corrected chi connectivity index (χ4v) is 2.76. The Balaban J connectivity index is 2.04. The van der Waals surface area contributed by atoms with Crippen LogP contribution in [0.1, 0.15) is 21.5 Å². The SMILES string of the molecule is COC(=O)c1ccc2c(c1)[N+](OC)=C(c1ccc(OC)cc1)C2. The van der Waals surface area contributed by atoms with E-state index in [1.165, 1.54) is 7.11 Å². The summed E-state index contributed by atoms with van der Waals surface area (Å²) < 4.78 is 11.7. The number of benzene rings is 2. The monoisotopic (exact) mass is 312 g/mol. The Morgan fingerprint density at radius 3 is 2.39 bits per heavy atom. The topological polar surface area (TPSA) is 47.8 Å². The van der Waals surface area contributed by atoms with Crippen molar-refractivity contribution in [3.8, 4) is 5.75 Å². The van der Waals surface area contributed by atoms with Gasteiger partial charge in [-0.2, -0.15) is 0 Å². The highest BCUT2D eigenvalue weighted by molar-refractivity contribution is 6.01. The quantitative estimate of drug-likeness (QED) is 0.643. The van der Waals surface area contributed by atoms with Crippen LogP contribution in [0.2, 0.25) is 0 Å². The molecule has 1 heterocycles. The maximum Gasteiger partial charge on any atom is 0.338 e. The number of carbonyl (C=O) groups is 1. The van der Waals surface area contributed by atoms with Crippen LogP contribution < -0.4 is 4.74 Å². The van der Waals surface area contributed by atoms with E-state index in [4.69, 9.17) is 14.3 Å². The number of esters is 1. The molecule has 23 heavy (non-hydrogen) atoms. The lowest BCUT2D eigenvalue weighted by atomic mass is 10.0. The smallest absolute Gasteiger partial charge is 0.338 e. The second-order valence-corrected chi connectivity index (χ2v) is 5.16. The van der Waals surface area contributed by atoms with E-state index >= 15 is 0 Å². The van der Waals surface area contributed by atoms with Crippen molar-refractivity contribution in [2.24, 2.45) is 0 Å². The summed E-state index contributed by atoms with van der Waals surface area (Å²) in [5, 5.41) is 0. The molecule has 0 aromatic heterocycles. The average molecular weight is 312 g/mol. The fourth-order valence-electron chi connectivity index (χ4n) is 2.76. The van der Waals surface area contributed by atoms with Gasteiger partial charge in [-0.15, -0.1) is 0 Å². The first-order valence-electron chi connectivity index (χ1n) is 7.23. The molecule has 0 unspecified atom stereocenters. The molecule has 2 aromatic rings. The third kappa shape index (κ3) is 2.65. The highest BCUT2D eigenvalue weighted by Gasteiger charge is 2.34. The van der Waals surface area contributed by atoms with E-state index in [0.29, 0.717) is 5.56 Å². The number of fused-ring (bicyclic) bond motifs is 1. The van der Waals surface area contributed by atoms with Crippen molar-refractivity contribution in [3.05, 3.63) is 59.2 Å². The number of ether oxygens (including phenoxy) is 2. The summed E-state index contributed by atoms with van der Waals surface area (Å²) in [7, 11) is 4.63. The van der Waals surface area contributed by atoms with Crippen LogP contribution >= 0.6 is 0 Å². The molecule has 2 aromatic carbocycles. The summed E-state index contributed by atoms with van der Waals surface area (Å²) in [4.78, 5) is 17.3. The second-order valence-electron chi connectivity index (χ2n) is 5.16. The van der Waals surface area contributed by atoms with Crippen LogP contribution in [0.15, 0.2) is 42.5 Å². The molecular weight excluding hydrogens is 294 g/mol. The summed E-state index contributed by atoms with van der Waals surface area (Å²) in [5.41, 5.74) is 4.53. The van der Waals surface area contributed by atoms with Crippen LogP contribution in [0.5, 0.6) is 5.75 Å². The summed E-state index contributed by atoms with van der Waals surface area (Å²) in [6.45, 7) is 0. The normalized spacial score (nSPS) is 12.8. The molecule has 118 valence electrons. The van der Waals surface area contributed by atoms with Crippen LogP contribution in [0.25, 0.3) is 0 Å². The van der Waals surface area contributed by atoms with Crippen LogP contribution in [-0.4, -0.2) is 37.7 Å². The van der Waals surface area contributed by atoms with Crippen LogP contribution in [0, 0.1) is 0 Å². The molecule has 1 aliphatic heterocycles.